The molecule has 0 aliphatic carbocycles. The minimum absolute atomic E-state index is 0.0691. The Morgan fingerprint density at radius 2 is 2.19 bits per heavy atom. The van der Waals surface area contributed by atoms with Gasteiger partial charge in [0.25, 0.3) is 5.88 Å². The maximum absolute atomic E-state index is 5.81. The van der Waals surface area contributed by atoms with E-state index in [1.54, 1.807) is 6.20 Å². The molecule has 3 aromatic heterocycles. The van der Waals surface area contributed by atoms with Gasteiger partial charge in [0.15, 0.2) is 0 Å². The maximum atomic E-state index is 5.81. The van der Waals surface area contributed by atoms with Gasteiger partial charge in [-0.05, 0) is 32.4 Å². The molecule has 0 aliphatic heterocycles. The number of nitrogens with zero attached hydrogens (tertiary/aromatic N) is 5. The predicted molar refractivity (Wildman–Crippen MR) is 101 cm³/mol. The highest BCUT2D eigenvalue weighted by Crippen LogP contribution is 2.25. The number of aromatic nitrogens is 5. The lowest BCUT2D eigenvalue weighted by atomic mass is 10.2. The first-order chi connectivity index (χ1) is 12.6. The molecule has 3 rings (SSSR count). The quantitative estimate of drug-likeness (QED) is 0.496. The second kappa shape index (κ2) is 8.05. The number of hydrogen-bond donors (Lipinski definition) is 1. The highest BCUT2D eigenvalue weighted by molar-refractivity contribution is 5.62. The van der Waals surface area contributed by atoms with E-state index in [1.165, 1.54) is 0 Å². The third-order valence-electron chi connectivity index (χ3n) is 4.03. The first kappa shape index (κ1) is 18.0. The van der Waals surface area contributed by atoms with Crippen LogP contribution in [0.25, 0.3) is 17.0 Å². The van der Waals surface area contributed by atoms with Gasteiger partial charge in [-0.25, -0.2) is 19.9 Å². The van der Waals surface area contributed by atoms with Gasteiger partial charge in [0.1, 0.15) is 11.5 Å². The monoisotopic (exact) mass is 352 g/mol. The molecular weight excluding hydrogens is 328 g/mol. The Hall–Kier alpha value is -2.80. The van der Waals surface area contributed by atoms with Crippen molar-refractivity contribution in [1.82, 2.24) is 29.7 Å². The van der Waals surface area contributed by atoms with E-state index >= 15 is 0 Å². The van der Waals surface area contributed by atoms with E-state index in [1.807, 2.05) is 42.9 Å². The molecule has 0 spiro atoms. The molecule has 1 N–H and O–H groups in total. The summed E-state index contributed by atoms with van der Waals surface area (Å²) in [6.45, 7) is 11.2. The van der Waals surface area contributed by atoms with Crippen molar-refractivity contribution in [3.8, 4) is 17.3 Å². The lowest BCUT2D eigenvalue weighted by molar-refractivity contribution is 0.315. The summed E-state index contributed by atoms with van der Waals surface area (Å²) in [5, 5.41) is 3.34. The van der Waals surface area contributed by atoms with Crippen molar-refractivity contribution < 1.29 is 4.74 Å². The van der Waals surface area contributed by atoms with Crippen LogP contribution in [-0.2, 0) is 0 Å². The van der Waals surface area contributed by atoms with E-state index in [-0.39, 0.29) is 6.04 Å². The van der Waals surface area contributed by atoms with Crippen molar-refractivity contribution >= 4 is 5.65 Å². The molecule has 0 radical (unpaired) electrons. The fraction of sp³-hybridized carbons (Fsp3) is 0.368. The summed E-state index contributed by atoms with van der Waals surface area (Å²) in [6, 6.07) is 0.0691. The molecule has 7 heteroatoms. The Balaban J connectivity index is 2.04. The van der Waals surface area contributed by atoms with Crippen LogP contribution in [0.2, 0.25) is 0 Å². The Morgan fingerprint density at radius 3 is 2.96 bits per heavy atom. The van der Waals surface area contributed by atoms with E-state index in [4.69, 9.17) is 9.72 Å². The topological polar surface area (TPSA) is 77.2 Å². The lowest BCUT2D eigenvalue weighted by Crippen LogP contribution is -2.20. The fourth-order valence-electron chi connectivity index (χ4n) is 2.67. The van der Waals surface area contributed by atoms with Crippen molar-refractivity contribution in [2.24, 2.45) is 0 Å². The van der Waals surface area contributed by atoms with Gasteiger partial charge in [0.2, 0.25) is 5.65 Å². The molecule has 0 amide bonds. The fourth-order valence-corrected chi connectivity index (χ4v) is 2.67. The minimum Gasteiger partial charge on any atom is -0.475 e. The number of ether oxygens (including phenoxy) is 1. The van der Waals surface area contributed by atoms with Crippen LogP contribution in [0.5, 0.6) is 5.88 Å². The first-order valence-corrected chi connectivity index (χ1v) is 8.78. The molecule has 0 fully saturated rings. The molecule has 3 heterocycles. The third-order valence-corrected chi connectivity index (χ3v) is 4.03. The number of hydrogen-bond acceptors (Lipinski definition) is 6. The first-order valence-electron chi connectivity index (χ1n) is 8.78. The van der Waals surface area contributed by atoms with Crippen molar-refractivity contribution in [2.75, 3.05) is 13.2 Å². The average Bonchev–Trinajstić information content (AvgIpc) is 3.11. The zero-order valence-electron chi connectivity index (χ0n) is 15.4. The van der Waals surface area contributed by atoms with Crippen molar-refractivity contribution in [1.29, 1.82) is 0 Å². The molecule has 7 nitrogen and oxygen atoms in total. The summed E-state index contributed by atoms with van der Waals surface area (Å²) >= 11 is 0. The largest absolute Gasteiger partial charge is 0.475 e. The standard InChI is InChI=1S/C19H24N6O/c1-5-7-10-26-19-18-21-8-9-25(18)12-15(23-19)16-13(3)11-22-17(24-16)14(4)20-6-2/h5,8-9,11-12,14,20H,1,6-7,10H2,2-4H3. The molecule has 0 aromatic carbocycles. The molecule has 0 aliphatic rings. The Kier molecular flexibility index (Phi) is 5.58. The van der Waals surface area contributed by atoms with Crippen LogP contribution in [0, 0.1) is 6.92 Å². The highest BCUT2D eigenvalue weighted by Gasteiger charge is 2.16. The van der Waals surface area contributed by atoms with Crippen LogP contribution in [0.4, 0.5) is 0 Å². The SMILES string of the molecule is C=CCCOc1nc(-c2nc(C(C)NCC)ncc2C)cn2ccnc12. The van der Waals surface area contributed by atoms with Gasteiger partial charge < -0.3 is 14.5 Å². The molecule has 0 saturated carbocycles. The Bertz CT molecular complexity index is 904. The van der Waals surface area contributed by atoms with Gasteiger partial charge >= 0.3 is 0 Å². The zero-order valence-corrected chi connectivity index (χ0v) is 15.4. The summed E-state index contributed by atoms with van der Waals surface area (Å²) in [4.78, 5) is 18.2. The summed E-state index contributed by atoms with van der Waals surface area (Å²) in [5.74, 6) is 1.24. The lowest BCUT2D eigenvalue weighted by Gasteiger charge is -2.14. The molecule has 0 bridgehead atoms. The molecule has 136 valence electrons. The molecule has 1 unspecified atom stereocenters. The van der Waals surface area contributed by atoms with Crippen LogP contribution in [0.15, 0.2) is 37.4 Å². The van der Waals surface area contributed by atoms with Crippen molar-refractivity contribution in [2.45, 2.75) is 33.2 Å². The summed E-state index contributed by atoms with van der Waals surface area (Å²) < 4.78 is 7.72. The van der Waals surface area contributed by atoms with Crippen LogP contribution in [0.3, 0.4) is 0 Å². The molecule has 0 saturated heterocycles. The van der Waals surface area contributed by atoms with Crippen molar-refractivity contribution in [3.63, 3.8) is 0 Å². The maximum Gasteiger partial charge on any atom is 0.259 e. The van der Waals surface area contributed by atoms with E-state index in [2.05, 4.69) is 33.8 Å². The van der Waals surface area contributed by atoms with Crippen LogP contribution in [-0.4, -0.2) is 37.5 Å². The number of nitrogens with one attached hydrogen (secondary N) is 1. The highest BCUT2D eigenvalue weighted by atomic mass is 16.5. The van der Waals surface area contributed by atoms with E-state index in [9.17, 15) is 0 Å². The Morgan fingerprint density at radius 1 is 1.35 bits per heavy atom. The molecule has 26 heavy (non-hydrogen) atoms. The number of fused-ring (bicyclic) bond motifs is 1. The van der Waals surface area contributed by atoms with Gasteiger partial charge in [-0.15, -0.1) is 6.58 Å². The van der Waals surface area contributed by atoms with Gasteiger partial charge in [-0.2, -0.15) is 0 Å². The van der Waals surface area contributed by atoms with E-state index < -0.39 is 0 Å². The third kappa shape index (κ3) is 3.72. The normalized spacial score (nSPS) is 12.3. The van der Waals surface area contributed by atoms with Gasteiger partial charge in [0, 0.05) is 24.8 Å². The minimum atomic E-state index is 0.0691. The van der Waals surface area contributed by atoms with Gasteiger partial charge in [-0.3, -0.25) is 0 Å². The summed E-state index contributed by atoms with van der Waals surface area (Å²) in [5.41, 5.74) is 3.17. The van der Waals surface area contributed by atoms with Gasteiger partial charge in [0.05, 0.1) is 18.3 Å². The number of aryl methyl sites for hydroxylation is 1. The van der Waals surface area contributed by atoms with Crippen LogP contribution < -0.4 is 10.1 Å². The number of rotatable bonds is 8. The molecular formula is C19H24N6O. The van der Waals surface area contributed by atoms with Crippen LogP contribution >= 0.6 is 0 Å². The second-order valence-electron chi connectivity index (χ2n) is 6.05. The average molecular weight is 352 g/mol. The summed E-state index contributed by atoms with van der Waals surface area (Å²) in [6.07, 6.45) is 9.92. The summed E-state index contributed by atoms with van der Waals surface area (Å²) in [7, 11) is 0. The predicted octanol–water partition coefficient (Wildman–Crippen LogP) is 3.12. The second-order valence-corrected chi connectivity index (χ2v) is 6.05. The Labute approximate surface area is 153 Å². The van der Waals surface area contributed by atoms with E-state index in [0.29, 0.717) is 18.1 Å². The number of imidazole rings is 1. The molecule has 3 aromatic rings. The van der Waals surface area contributed by atoms with Crippen LogP contribution in [0.1, 0.15) is 37.7 Å². The van der Waals surface area contributed by atoms with Crippen molar-refractivity contribution in [3.05, 3.63) is 48.8 Å². The van der Waals surface area contributed by atoms with E-state index in [0.717, 1.165) is 35.7 Å². The molecule has 1 atom stereocenters. The zero-order chi connectivity index (χ0) is 18.5. The van der Waals surface area contributed by atoms with Gasteiger partial charge in [-0.1, -0.05) is 13.0 Å². The smallest absolute Gasteiger partial charge is 0.259 e.